The first-order chi connectivity index (χ1) is 8.83. The molecule has 0 fully saturated rings. The molecule has 1 aromatic heterocycles. The van der Waals surface area contributed by atoms with Crippen molar-refractivity contribution in [2.75, 3.05) is 23.8 Å². The van der Waals surface area contributed by atoms with Crippen LogP contribution in [0.2, 0.25) is 0 Å². The maximum absolute atomic E-state index is 4.34. The molecule has 0 radical (unpaired) electrons. The van der Waals surface area contributed by atoms with Gasteiger partial charge in [-0.25, -0.2) is 4.98 Å². The minimum atomic E-state index is 0.886. The van der Waals surface area contributed by atoms with Crippen LogP contribution in [-0.4, -0.2) is 18.6 Å². The number of hydrogen-bond donors (Lipinski definition) is 1. The zero-order chi connectivity index (χ0) is 12.8. The Morgan fingerprint density at radius 3 is 2.44 bits per heavy atom. The first kappa shape index (κ1) is 12.4. The highest BCUT2D eigenvalue weighted by Gasteiger charge is 2.04. The molecule has 0 aliphatic heterocycles. The molecule has 0 bridgehead atoms. The molecule has 1 aromatic carbocycles. The Labute approximate surface area is 108 Å². The van der Waals surface area contributed by atoms with Gasteiger partial charge in [0.05, 0.1) is 0 Å². The van der Waals surface area contributed by atoms with Crippen LogP contribution in [0.3, 0.4) is 0 Å². The second-order valence-electron chi connectivity index (χ2n) is 4.15. The van der Waals surface area contributed by atoms with Gasteiger partial charge in [-0.15, -0.1) is 0 Å². The smallest absolute Gasteiger partial charge is 0.125 e. The number of aromatic nitrogens is 1. The Kier molecular flexibility index (Phi) is 4.18. The number of anilines is 2. The molecule has 18 heavy (non-hydrogen) atoms. The normalized spacial score (nSPS) is 10.1. The highest BCUT2D eigenvalue weighted by Crippen LogP contribution is 2.16. The third kappa shape index (κ3) is 3.00. The first-order valence-electron chi connectivity index (χ1n) is 6.26. The van der Waals surface area contributed by atoms with E-state index in [9.17, 15) is 0 Å². The van der Waals surface area contributed by atoms with Crippen LogP contribution in [0.5, 0.6) is 0 Å². The number of para-hydroxylation sites is 1. The van der Waals surface area contributed by atoms with E-state index in [-0.39, 0.29) is 0 Å². The van der Waals surface area contributed by atoms with Crippen LogP contribution >= 0.6 is 0 Å². The van der Waals surface area contributed by atoms with Crippen LogP contribution in [0.4, 0.5) is 11.5 Å². The molecule has 0 spiro atoms. The standard InChI is InChI=1S/C15H19N3/c1-3-18(14-7-5-4-6-8-14)12-13-9-10-15(16-2)17-11-13/h4-11H,3,12H2,1-2H3,(H,16,17). The van der Waals surface area contributed by atoms with Crippen molar-refractivity contribution in [3.63, 3.8) is 0 Å². The van der Waals surface area contributed by atoms with Crippen LogP contribution in [0.1, 0.15) is 12.5 Å². The molecule has 0 unspecified atom stereocenters. The molecule has 0 atom stereocenters. The quantitative estimate of drug-likeness (QED) is 0.871. The largest absolute Gasteiger partial charge is 0.373 e. The molecule has 0 saturated carbocycles. The maximum atomic E-state index is 4.34. The lowest BCUT2D eigenvalue weighted by molar-refractivity contribution is 0.828. The number of hydrogen-bond acceptors (Lipinski definition) is 3. The molecule has 0 aliphatic rings. The summed E-state index contributed by atoms with van der Waals surface area (Å²) < 4.78 is 0. The van der Waals surface area contributed by atoms with Gasteiger partial charge in [-0.1, -0.05) is 24.3 Å². The summed E-state index contributed by atoms with van der Waals surface area (Å²) >= 11 is 0. The predicted octanol–water partition coefficient (Wildman–Crippen LogP) is 3.15. The summed E-state index contributed by atoms with van der Waals surface area (Å²) in [6, 6.07) is 14.6. The fraction of sp³-hybridized carbons (Fsp3) is 0.267. The van der Waals surface area contributed by atoms with E-state index in [0.717, 1.165) is 18.9 Å². The van der Waals surface area contributed by atoms with Gasteiger partial charge in [0.2, 0.25) is 0 Å². The summed E-state index contributed by atoms with van der Waals surface area (Å²) in [4.78, 5) is 6.67. The number of pyridine rings is 1. The van der Waals surface area contributed by atoms with Crippen molar-refractivity contribution in [2.45, 2.75) is 13.5 Å². The van der Waals surface area contributed by atoms with Crippen LogP contribution in [-0.2, 0) is 6.54 Å². The van der Waals surface area contributed by atoms with Crippen LogP contribution in [0.25, 0.3) is 0 Å². The molecular weight excluding hydrogens is 222 g/mol. The lowest BCUT2D eigenvalue weighted by atomic mass is 10.2. The second kappa shape index (κ2) is 6.05. The molecule has 0 saturated heterocycles. The molecule has 3 heteroatoms. The summed E-state index contributed by atoms with van der Waals surface area (Å²) in [5.41, 5.74) is 2.47. The van der Waals surface area contributed by atoms with Gasteiger partial charge in [0, 0.05) is 32.0 Å². The van der Waals surface area contributed by atoms with Gasteiger partial charge in [0.25, 0.3) is 0 Å². The Hall–Kier alpha value is -2.03. The number of rotatable bonds is 5. The summed E-state index contributed by atoms with van der Waals surface area (Å²) in [5, 5.41) is 3.03. The number of benzene rings is 1. The zero-order valence-electron chi connectivity index (χ0n) is 10.9. The molecule has 0 amide bonds. The van der Waals surface area contributed by atoms with Gasteiger partial charge in [-0.3, -0.25) is 0 Å². The highest BCUT2D eigenvalue weighted by molar-refractivity contribution is 5.46. The SMILES string of the molecule is CCN(Cc1ccc(NC)nc1)c1ccccc1. The highest BCUT2D eigenvalue weighted by atomic mass is 15.1. The van der Waals surface area contributed by atoms with E-state index in [1.165, 1.54) is 11.3 Å². The summed E-state index contributed by atoms with van der Waals surface area (Å²) in [7, 11) is 1.88. The first-order valence-corrected chi connectivity index (χ1v) is 6.26. The summed E-state index contributed by atoms with van der Waals surface area (Å²) in [5.74, 6) is 0.904. The molecular formula is C15H19N3. The number of nitrogens with one attached hydrogen (secondary N) is 1. The Morgan fingerprint density at radius 1 is 1.11 bits per heavy atom. The van der Waals surface area contributed by atoms with E-state index in [0.29, 0.717) is 0 Å². The van der Waals surface area contributed by atoms with Gasteiger partial charge in [-0.2, -0.15) is 0 Å². The van der Waals surface area contributed by atoms with Crippen LogP contribution in [0.15, 0.2) is 48.7 Å². The topological polar surface area (TPSA) is 28.2 Å². The van der Waals surface area contributed by atoms with Crippen molar-refractivity contribution < 1.29 is 0 Å². The molecule has 3 nitrogen and oxygen atoms in total. The van der Waals surface area contributed by atoms with E-state index < -0.39 is 0 Å². The van der Waals surface area contributed by atoms with Crippen molar-refractivity contribution in [1.29, 1.82) is 0 Å². The van der Waals surface area contributed by atoms with Crippen LogP contribution in [0, 0.1) is 0 Å². The second-order valence-corrected chi connectivity index (χ2v) is 4.15. The minimum absolute atomic E-state index is 0.886. The zero-order valence-corrected chi connectivity index (χ0v) is 10.9. The molecule has 94 valence electrons. The van der Waals surface area contributed by atoms with Gasteiger partial charge in [0.1, 0.15) is 5.82 Å². The predicted molar refractivity (Wildman–Crippen MR) is 76.9 cm³/mol. The summed E-state index contributed by atoms with van der Waals surface area (Å²) in [6.07, 6.45) is 1.93. The van der Waals surface area contributed by atoms with E-state index >= 15 is 0 Å². The Balaban J connectivity index is 2.10. The van der Waals surface area contributed by atoms with Crippen molar-refractivity contribution in [1.82, 2.24) is 4.98 Å². The number of nitrogens with zero attached hydrogens (tertiary/aromatic N) is 2. The van der Waals surface area contributed by atoms with Crippen LogP contribution < -0.4 is 10.2 Å². The van der Waals surface area contributed by atoms with E-state index in [1.807, 2.05) is 25.4 Å². The molecule has 0 aliphatic carbocycles. The summed E-state index contributed by atoms with van der Waals surface area (Å²) in [6.45, 7) is 4.04. The molecule has 1 heterocycles. The van der Waals surface area contributed by atoms with Gasteiger partial charge >= 0.3 is 0 Å². The van der Waals surface area contributed by atoms with Crippen molar-refractivity contribution in [3.8, 4) is 0 Å². The lowest BCUT2D eigenvalue weighted by Gasteiger charge is -2.23. The van der Waals surface area contributed by atoms with E-state index in [1.54, 1.807) is 0 Å². The monoisotopic (exact) mass is 241 g/mol. The third-order valence-corrected chi connectivity index (χ3v) is 2.96. The van der Waals surface area contributed by atoms with E-state index in [4.69, 9.17) is 0 Å². The van der Waals surface area contributed by atoms with Gasteiger partial charge in [-0.05, 0) is 30.7 Å². The van der Waals surface area contributed by atoms with Crippen molar-refractivity contribution in [2.24, 2.45) is 0 Å². The average molecular weight is 241 g/mol. The van der Waals surface area contributed by atoms with E-state index in [2.05, 4.69) is 52.5 Å². The molecule has 2 aromatic rings. The van der Waals surface area contributed by atoms with Gasteiger partial charge < -0.3 is 10.2 Å². The fourth-order valence-corrected chi connectivity index (χ4v) is 1.91. The lowest BCUT2D eigenvalue weighted by Crippen LogP contribution is -2.21. The minimum Gasteiger partial charge on any atom is -0.373 e. The molecule has 2 rings (SSSR count). The Bertz CT molecular complexity index is 465. The third-order valence-electron chi connectivity index (χ3n) is 2.96. The van der Waals surface area contributed by atoms with Gasteiger partial charge in [0.15, 0.2) is 0 Å². The van der Waals surface area contributed by atoms with Crippen molar-refractivity contribution >= 4 is 11.5 Å². The maximum Gasteiger partial charge on any atom is 0.125 e. The average Bonchev–Trinajstić information content (AvgIpc) is 2.46. The Morgan fingerprint density at radius 2 is 1.89 bits per heavy atom. The van der Waals surface area contributed by atoms with Crippen molar-refractivity contribution in [3.05, 3.63) is 54.2 Å². The molecule has 1 N–H and O–H groups in total. The fourth-order valence-electron chi connectivity index (χ4n) is 1.91.